The zero-order valence-corrected chi connectivity index (χ0v) is 20.0. The summed E-state index contributed by atoms with van der Waals surface area (Å²) in [7, 11) is 2.91. The van der Waals surface area contributed by atoms with E-state index in [-0.39, 0.29) is 41.8 Å². The number of hydrogen-bond donors (Lipinski definition) is 2. The Hall–Kier alpha value is -2.76. The van der Waals surface area contributed by atoms with Gasteiger partial charge < -0.3 is 15.4 Å². The molecule has 2 aromatic carbocycles. The number of aromatic nitrogens is 2. The van der Waals surface area contributed by atoms with Gasteiger partial charge in [-0.3, -0.25) is 9.67 Å². The van der Waals surface area contributed by atoms with Gasteiger partial charge in [0, 0.05) is 32.5 Å². The molecule has 0 spiro atoms. The Kier molecular flexibility index (Phi) is 9.36. The average molecular weight is 559 g/mol. The van der Waals surface area contributed by atoms with E-state index in [4.69, 9.17) is 4.74 Å². The van der Waals surface area contributed by atoms with Gasteiger partial charge in [0.25, 0.3) is 0 Å². The van der Waals surface area contributed by atoms with Crippen molar-refractivity contribution in [2.24, 2.45) is 4.99 Å². The fraction of sp³-hybridized carbons (Fsp3) is 0.273. The van der Waals surface area contributed by atoms with Crippen molar-refractivity contribution in [2.45, 2.75) is 25.8 Å². The van der Waals surface area contributed by atoms with E-state index in [1.165, 1.54) is 19.2 Å². The summed E-state index contributed by atoms with van der Waals surface area (Å²) in [6.45, 7) is 1.05. The van der Waals surface area contributed by atoms with Crippen LogP contribution in [0.2, 0.25) is 0 Å². The molecule has 0 radical (unpaired) electrons. The Bertz CT molecular complexity index is 1020. The van der Waals surface area contributed by atoms with Crippen molar-refractivity contribution in [3.8, 4) is 5.75 Å². The van der Waals surface area contributed by atoms with Crippen LogP contribution >= 0.6 is 24.0 Å². The quantitative estimate of drug-likeness (QED) is 0.255. The molecule has 1 aromatic heterocycles. The molecule has 0 aliphatic heterocycles. The largest absolute Gasteiger partial charge is 0.497 e. The maximum absolute atomic E-state index is 13.4. The van der Waals surface area contributed by atoms with Crippen molar-refractivity contribution in [1.82, 2.24) is 20.4 Å². The van der Waals surface area contributed by atoms with Gasteiger partial charge in [-0.05, 0) is 34.9 Å². The zero-order valence-electron chi connectivity index (χ0n) is 17.7. The molecule has 0 saturated heterocycles. The van der Waals surface area contributed by atoms with Gasteiger partial charge in [-0.2, -0.15) is 18.3 Å². The minimum absolute atomic E-state index is 0. The van der Waals surface area contributed by atoms with Crippen LogP contribution in [-0.4, -0.2) is 29.9 Å². The number of nitrogens with one attached hydrogen (secondary N) is 2. The lowest BCUT2D eigenvalue weighted by atomic mass is 10.1. The van der Waals surface area contributed by atoms with E-state index >= 15 is 0 Å². The lowest BCUT2D eigenvalue weighted by Crippen LogP contribution is -2.37. The highest BCUT2D eigenvalue weighted by Gasteiger charge is 2.33. The van der Waals surface area contributed by atoms with Crippen molar-refractivity contribution >= 4 is 29.9 Å². The van der Waals surface area contributed by atoms with Gasteiger partial charge in [0.1, 0.15) is 5.75 Å². The first-order chi connectivity index (χ1) is 14.9. The van der Waals surface area contributed by atoms with Crippen molar-refractivity contribution in [3.63, 3.8) is 0 Å². The van der Waals surface area contributed by atoms with Crippen LogP contribution < -0.4 is 15.4 Å². The molecule has 6 nitrogen and oxygen atoms in total. The number of ether oxygens (including phenoxy) is 1. The normalized spacial score (nSPS) is 11.6. The Morgan fingerprint density at radius 1 is 1.03 bits per heavy atom. The number of rotatable bonds is 7. The van der Waals surface area contributed by atoms with E-state index in [1.807, 2.05) is 41.2 Å². The SMILES string of the molecule is CN=C(NCc1ccccc1Cn1cccn1)NCc1ccc(OC)cc1C(F)(F)F.I. The standard InChI is InChI=1S/C22H24F3N5O.HI/c1-26-21(28-14-17-8-9-19(31-2)12-20(17)22(23,24)25)27-13-16-6-3-4-7-18(16)15-30-11-5-10-29-30;/h3-12H,13-15H2,1-2H3,(H2,26,27,28);1H. The lowest BCUT2D eigenvalue weighted by Gasteiger charge is -2.17. The summed E-state index contributed by atoms with van der Waals surface area (Å²) in [5.41, 5.74) is 1.50. The van der Waals surface area contributed by atoms with Gasteiger partial charge in [-0.25, -0.2) is 0 Å². The maximum Gasteiger partial charge on any atom is 0.416 e. The second kappa shape index (κ2) is 11.7. The van der Waals surface area contributed by atoms with Gasteiger partial charge in [0.2, 0.25) is 0 Å². The summed E-state index contributed by atoms with van der Waals surface area (Å²) in [5.74, 6) is 0.560. The topological polar surface area (TPSA) is 63.5 Å². The highest BCUT2D eigenvalue weighted by Crippen LogP contribution is 2.34. The van der Waals surface area contributed by atoms with E-state index in [1.54, 1.807) is 13.2 Å². The number of methoxy groups -OCH3 is 1. The molecular formula is C22H25F3IN5O. The molecule has 0 bridgehead atoms. The molecule has 0 atom stereocenters. The van der Waals surface area contributed by atoms with Crippen LogP contribution in [-0.2, 0) is 25.8 Å². The molecule has 32 heavy (non-hydrogen) atoms. The van der Waals surface area contributed by atoms with Gasteiger partial charge in [0.15, 0.2) is 5.96 Å². The molecule has 3 rings (SSSR count). The highest BCUT2D eigenvalue weighted by molar-refractivity contribution is 14.0. The minimum Gasteiger partial charge on any atom is -0.497 e. The second-order valence-corrected chi connectivity index (χ2v) is 6.77. The summed E-state index contributed by atoms with van der Waals surface area (Å²) >= 11 is 0. The van der Waals surface area contributed by atoms with Crippen LogP contribution in [0.4, 0.5) is 13.2 Å². The molecule has 1 heterocycles. The molecule has 2 N–H and O–H groups in total. The number of hydrogen-bond acceptors (Lipinski definition) is 3. The number of guanidine groups is 1. The first-order valence-electron chi connectivity index (χ1n) is 9.63. The zero-order chi connectivity index (χ0) is 22.3. The smallest absolute Gasteiger partial charge is 0.416 e. The van der Waals surface area contributed by atoms with Crippen LogP contribution in [0.15, 0.2) is 65.9 Å². The monoisotopic (exact) mass is 559 g/mol. The molecule has 0 unspecified atom stereocenters. The predicted octanol–water partition coefficient (Wildman–Crippen LogP) is 4.44. The highest BCUT2D eigenvalue weighted by atomic mass is 127. The third-order valence-corrected chi connectivity index (χ3v) is 4.75. The van der Waals surface area contributed by atoms with Crippen molar-refractivity contribution < 1.29 is 17.9 Å². The summed E-state index contributed by atoms with van der Waals surface area (Å²) in [4.78, 5) is 4.12. The van der Waals surface area contributed by atoms with E-state index < -0.39 is 11.7 Å². The first kappa shape index (κ1) is 25.5. The Morgan fingerprint density at radius 2 is 1.72 bits per heavy atom. The number of benzene rings is 2. The molecule has 3 aromatic rings. The van der Waals surface area contributed by atoms with E-state index in [9.17, 15) is 13.2 Å². The van der Waals surface area contributed by atoms with E-state index in [0.717, 1.165) is 17.2 Å². The summed E-state index contributed by atoms with van der Waals surface area (Å²) in [6, 6.07) is 13.7. The number of aliphatic imine (C=N–C) groups is 1. The first-order valence-corrected chi connectivity index (χ1v) is 9.63. The van der Waals surface area contributed by atoms with E-state index in [2.05, 4.69) is 20.7 Å². The molecule has 10 heteroatoms. The van der Waals surface area contributed by atoms with Crippen LogP contribution in [0.5, 0.6) is 5.75 Å². The van der Waals surface area contributed by atoms with Crippen molar-refractivity contribution in [2.75, 3.05) is 14.2 Å². The molecule has 172 valence electrons. The molecule has 0 amide bonds. The summed E-state index contributed by atoms with van der Waals surface area (Å²) in [6.07, 6.45) is -0.868. The summed E-state index contributed by atoms with van der Waals surface area (Å²) < 4.78 is 47.0. The van der Waals surface area contributed by atoms with Crippen LogP contribution in [0.1, 0.15) is 22.3 Å². The fourth-order valence-corrected chi connectivity index (χ4v) is 3.13. The fourth-order valence-electron chi connectivity index (χ4n) is 3.13. The Morgan fingerprint density at radius 3 is 2.31 bits per heavy atom. The van der Waals surface area contributed by atoms with Gasteiger partial charge in [-0.15, -0.1) is 24.0 Å². The van der Waals surface area contributed by atoms with E-state index in [0.29, 0.717) is 19.0 Å². The van der Waals surface area contributed by atoms with Gasteiger partial charge >= 0.3 is 6.18 Å². The van der Waals surface area contributed by atoms with Crippen LogP contribution in [0.3, 0.4) is 0 Å². The molecule has 0 saturated carbocycles. The van der Waals surface area contributed by atoms with Crippen molar-refractivity contribution in [1.29, 1.82) is 0 Å². The molecular weight excluding hydrogens is 534 g/mol. The minimum atomic E-state index is -4.48. The Balaban J connectivity index is 0.00000363. The third kappa shape index (κ3) is 6.87. The maximum atomic E-state index is 13.4. The molecule has 0 aliphatic carbocycles. The second-order valence-electron chi connectivity index (χ2n) is 6.77. The average Bonchev–Trinajstić information content (AvgIpc) is 3.27. The van der Waals surface area contributed by atoms with Crippen LogP contribution in [0, 0.1) is 0 Å². The predicted molar refractivity (Wildman–Crippen MR) is 128 cm³/mol. The van der Waals surface area contributed by atoms with Crippen molar-refractivity contribution in [3.05, 3.63) is 83.2 Å². The Labute approximate surface area is 201 Å². The number of halogens is 4. The number of nitrogens with zero attached hydrogens (tertiary/aromatic N) is 3. The van der Waals surface area contributed by atoms with Gasteiger partial charge in [-0.1, -0.05) is 30.3 Å². The summed E-state index contributed by atoms with van der Waals surface area (Å²) in [5, 5.41) is 10.3. The van der Waals surface area contributed by atoms with Crippen LogP contribution in [0.25, 0.3) is 0 Å². The molecule has 0 fully saturated rings. The lowest BCUT2D eigenvalue weighted by molar-refractivity contribution is -0.138. The third-order valence-electron chi connectivity index (χ3n) is 4.75. The number of alkyl halides is 3. The van der Waals surface area contributed by atoms with Gasteiger partial charge in [0.05, 0.1) is 19.2 Å². The molecule has 0 aliphatic rings.